The molecule has 2 unspecified atom stereocenters. The van der Waals surface area contributed by atoms with Crippen molar-refractivity contribution >= 4 is 0 Å². The van der Waals surface area contributed by atoms with E-state index in [1.165, 1.54) is 0 Å². The predicted octanol–water partition coefficient (Wildman–Crippen LogP) is 6.14. The van der Waals surface area contributed by atoms with Gasteiger partial charge in [0.25, 0.3) is 0 Å². The van der Waals surface area contributed by atoms with E-state index in [-0.39, 0.29) is 0 Å². The van der Waals surface area contributed by atoms with Crippen LogP contribution in [-0.4, -0.2) is 24.9 Å². The molecule has 5 nitrogen and oxygen atoms in total. The van der Waals surface area contributed by atoms with Gasteiger partial charge in [-0.3, -0.25) is 0 Å². The Kier molecular flexibility index (Phi) is 7.91. The molecule has 5 heteroatoms. The summed E-state index contributed by atoms with van der Waals surface area (Å²) < 4.78 is 23.5. The van der Waals surface area contributed by atoms with Crippen LogP contribution in [0.25, 0.3) is 0 Å². The largest absolute Gasteiger partial charge is 0.493 e. The van der Waals surface area contributed by atoms with Gasteiger partial charge in [-0.15, -0.1) is 0 Å². The summed E-state index contributed by atoms with van der Waals surface area (Å²) in [6.45, 7) is 2.87. The molecule has 0 amide bonds. The van der Waals surface area contributed by atoms with Gasteiger partial charge in [0.1, 0.15) is 30.7 Å². The SMILES string of the molecule is COc1cc(C(O)C2=CC=C(OCc3ccccc3)C(C)(OC)C2)ccc1OCc1ccccc1. The summed E-state index contributed by atoms with van der Waals surface area (Å²) >= 11 is 0. The van der Waals surface area contributed by atoms with Gasteiger partial charge in [-0.05, 0) is 47.4 Å². The maximum Gasteiger partial charge on any atom is 0.161 e. The van der Waals surface area contributed by atoms with Gasteiger partial charge in [-0.2, -0.15) is 0 Å². The number of ether oxygens (including phenoxy) is 4. The van der Waals surface area contributed by atoms with Crippen molar-refractivity contribution in [1.29, 1.82) is 0 Å². The minimum atomic E-state index is -0.812. The number of aliphatic hydroxyl groups is 1. The summed E-state index contributed by atoms with van der Waals surface area (Å²) in [5.41, 5.74) is 3.04. The molecule has 0 aliphatic heterocycles. The first-order valence-corrected chi connectivity index (χ1v) is 11.7. The van der Waals surface area contributed by atoms with Crippen LogP contribution in [0.4, 0.5) is 0 Å². The lowest BCUT2D eigenvalue weighted by Crippen LogP contribution is -2.34. The second-order valence-corrected chi connectivity index (χ2v) is 8.75. The fourth-order valence-electron chi connectivity index (χ4n) is 4.11. The van der Waals surface area contributed by atoms with Gasteiger partial charge in [0.2, 0.25) is 0 Å². The zero-order valence-electron chi connectivity index (χ0n) is 20.4. The van der Waals surface area contributed by atoms with E-state index in [0.29, 0.717) is 31.1 Å². The van der Waals surface area contributed by atoms with E-state index in [9.17, 15) is 5.11 Å². The summed E-state index contributed by atoms with van der Waals surface area (Å²) in [7, 11) is 3.26. The van der Waals surface area contributed by atoms with Gasteiger partial charge in [-0.25, -0.2) is 0 Å². The van der Waals surface area contributed by atoms with E-state index >= 15 is 0 Å². The topological polar surface area (TPSA) is 57.2 Å². The molecule has 3 aromatic carbocycles. The Hall–Kier alpha value is -3.54. The molecule has 0 saturated heterocycles. The molecular formula is C30H32O5. The average molecular weight is 473 g/mol. The van der Waals surface area contributed by atoms with Crippen molar-refractivity contribution in [1.82, 2.24) is 0 Å². The van der Waals surface area contributed by atoms with Crippen LogP contribution in [0.3, 0.4) is 0 Å². The molecule has 182 valence electrons. The molecule has 2 atom stereocenters. The standard InChI is InChI=1S/C30H32O5/c1-30(33-3)19-25(15-17-28(30)35-21-23-12-8-5-9-13-23)29(31)24-14-16-26(27(18-24)32-2)34-20-22-10-6-4-7-11-22/h4-18,29,31H,19-21H2,1-3H3. The number of allylic oxidation sites excluding steroid dienone is 2. The van der Waals surface area contributed by atoms with Crippen molar-refractivity contribution in [2.24, 2.45) is 0 Å². The number of methoxy groups -OCH3 is 2. The minimum Gasteiger partial charge on any atom is -0.493 e. The Morgan fingerprint density at radius 2 is 1.43 bits per heavy atom. The van der Waals surface area contributed by atoms with E-state index in [1.807, 2.05) is 97.9 Å². The quantitative estimate of drug-likeness (QED) is 0.384. The molecule has 0 heterocycles. The van der Waals surface area contributed by atoms with Crippen LogP contribution in [0, 0.1) is 0 Å². The fraction of sp³-hybridized carbons (Fsp3) is 0.267. The van der Waals surface area contributed by atoms with Gasteiger partial charge in [-0.1, -0.05) is 72.8 Å². The second-order valence-electron chi connectivity index (χ2n) is 8.75. The highest BCUT2D eigenvalue weighted by Gasteiger charge is 2.36. The first-order chi connectivity index (χ1) is 17.0. The van der Waals surface area contributed by atoms with Crippen LogP contribution < -0.4 is 9.47 Å². The second kappa shape index (κ2) is 11.3. The number of aliphatic hydroxyl groups excluding tert-OH is 1. The first kappa shape index (κ1) is 24.6. The lowest BCUT2D eigenvalue weighted by molar-refractivity contribution is -0.0223. The monoisotopic (exact) mass is 472 g/mol. The third kappa shape index (κ3) is 5.94. The molecule has 35 heavy (non-hydrogen) atoms. The third-order valence-corrected chi connectivity index (χ3v) is 6.29. The number of rotatable bonds is 10. The Morgan fingerprint density at radius 1 is 0.800 bits per heavy atom. The number of hydrogen-bond donors (Lipinski definition) is 1. The summed E-state index contributed by atoms with van der Waals surface area (Å²) in [6.07, 6.45) is 3.49. The van der Waals surface area contributed by atoms with Crippen LogP contribution in [0.15, 0.2) is 102 Å². The summed E-state index contributed by atoms with van der Waals surface area (Å²) in [4.78, 5) is 0. The lowest BCUT2D eigenvalue weighted by Gasteiger charge is -2.35. The van der Waals surface area contributed by atoms with Crippen molar-refractivity contribution in [3.63, 3.8) is 0 Å². The number of hydrogen-bond acceptors (Lipinski definition) is 5. The van der Waals surface area contributed by atoms with Gasteiger partial charge in [0.15, 0.2) is 11.5 Å². The van der Waals surface area contributed by atoms with E-state index in [0.717, 1.165) is 28.0 Å². The maximum atomic E-state index is 11.2. The molecular weight excluding hydrogens is 440 g/mol. The Labute approximate surface area is 207 Å². The van der Waals surface area contributed by atoms with Crippen LogP contribution in [0.5, 0.6) is 11.5 Å². The molecule has 1 aliphatic rings. The molecule has 0 aromatic heterocycles. The van der Waals surface area contributed by atoms with E-state index < -0.39 is 11.7 Å². The third-order valence-electron chi connectivity index (χ3n) is 6.29. The average Bonchev–Trinajstić information content (AvgIpc) is 2.91. The van der Waals surface area contributed by atoms with Gasteiger partial charge in [0.05, 0.1) is 7.11 Å². The molecule has 0 saturated carbocycles. The number of benzene rings is 3. The van der Waals surface area contributed by atoms with E-state index in [2.05, 4.69) is 0 Å². The molecule has 1 N–H and O–H groups in total. The highest BCUT2D eigenvalue weighted by atomic mass is 16.5. The maximum absolute atomic E-state index is 11.2. The Bertz CT molecular complexity index is 1170. The highest BCUT2D eigenvalue weighted by Crippen LogP contribution is 2.40. The highest BCUT2D eigenvalue weighted by molar-refractivity contribution is 5.46. The molecule has 0 bridgehead atoms. The Balaban J connectivity index is 1.49. The molecule has 4 rings (SSSR count). The van der Waals surface area contributed by atoms with E-state index in [4.69, 9.17) is 18.9 Å². The van der Waals surface area contributed by atoms with Crippen LogP contribution in [-0.2, 0) is 22.7 Å². The summed E-state index contributed by atoms with van der Waals surface area (Å²) in [6, 6.07) is 25.5. The zero-order chi connectivity index (χ0) is 24.7. The molecule has 3 aromatic rings. The Morgan fingerprint density at radius 3 is 2.03 bits per heavy atom. The van der Waals surface area contributed by atoms with Crippen LogP contribution >= 0.6 is 0 Å². The van der Waals surface area contributed by atoms with Gasteiger partial charge in [0, 0.05) is 13.5 Å². The normalized spacial score (nSPS) is 18.3. The lowest BCUT2D eigenvalue weighted by atomic mass is 9.85. The van der Waals surface area contributed by atoms with Crippen molar-refractivity contribution < 1.29 is 24.1 Å². The zero-order valence-corrected chi connectivity index (χ0v) is 20.4. The molecule has 0 radical (unpaired) electrons. The summed E-state index contributed by atoms with van der Waals surface area (Å²) in [5, 5.41) is 11.2. The van der Waals surface area contributed by atoms with Gasteiger partial charge >= 0.3 is 0 Å². The molecule has 0 fully saturated rings. The van der Waals surface area contributed by atoms with Crippen LogP contribution in [0.1, 0.15) is 36.1 Å². The van der Waals surface area contributed by atoms with Crippen LogP contribution in [0.2, 0.25) is 0 Å². The fourth-order valence-corrected chi connectivity index (χ4v) is 4.11. The first-order valence-electron chi connectivity index (χ1n) is 11.7. The van der Waals surface area contributed by atoms with Crippen molar-refractivity contribution in [3.05, 3.63) is 119 Å². The molecule has 0 spiro atoms. The predicted molar refractivity (Wildman–Crippen MR) is 136 cm³/mol. The molecule has 1 aliphatic carbocycles. The van der Waals surface area contributed by atoms with Crippen molar-refractivity contribution in [2.45, 2.75) is 38.3 Å². The smallest absolute Gasteiger partial charge is 0.161 e. The van der Waals surface area contributed by atoms with Crippen molar-refractivity contribution in [3.8, 4) is 11.5 Å². The van der Waals surface area contributed by atoms with E-state index in [1.54, 1.807) is 14.2 Å². The summed E-state index contributed by atoms with van der Waals surface area (Å²) in [5.74, 6) is 1.94. The minimum absolute atomic E-state index is 0.437. The van der Waals surface area contributed by atoms with Gasteiger partial charge < -0.3 is 24.1 Å². The van der Waals surface area contributed by atoms with Crippen molar-refractivity contribution in [2.75, 3.05) is 14.2 Å².